The Balaban J connectivity index is 1.74. The maximum atomic E-state index is 13.7. The third-order valence-electron chi connectivity index (χ3n) is 4.14. The quantitative estimate of drug-likeness (QED) is 0.890. The molecule has 5 nitrogen and oxygen atoms in total. The van der Waals surface area contributed by atoms with Crippen LogP contribution in [-0.2, 0) is 9.59 Å². The van der Waals surface area contributed by atoms with E-state index in [2.05, 4.69) is 5.32 Å². The van der Waals surface area contributed by atoms with E-state index in [4.69, 9.17) is 4.74 Å². The van der Waals surface area contributed by atoms with Crippen LogP contribution in [0.4, 0.5) is 20.2 Å². The van der Waals surface area contributed by atoms with Gasteiger partial charge in [0.2, 0.25) is 11.8 Å². The lowest BCUT2D eigenvalue weighted by Crippen LogP contribution is -2.28. The Morgan fingerprint density at radius 1 is 1.27 bits per heavy atom. The molecular formula is C19H18F2N2O3. The van der Waals surface area contributed by atoms with Crippen molar-refractivity contribution in [3.63, 3.8) is 0 Å². The van der Waals surface area contributed by atoms with Crippen LogP contribution in [0.15, 0.2) is 42.5 Å². The number of para-hydroxylation sites is 2. The lowest BCUT2D eigenvalue weighted by atomic mass is 10.1. The van der Waals surface area contributed by atoms with Gasteiger partial charge < -0.3 is 15.0 Å². The third-order valence-corrected chi connectivity index (χ3v) is 4.14. The number of benzene rings is 2. The first-order valence-electron chi connectivity index (χ1n) is 8.27. The fraction of sp³-hybridized carbons (Fsp3) is 0.263. The topological polar surface area (TPSA) is 58.6 Å². The number of halogens is 2. The number of hydrogen-bond acceptors (Lipinski definition) is 3. The molecule has 1 aliphatic rings. The first-order chi connectivity index (χ1) is 12.5. The Hall–Kier alpha value is -2.96. The second-order valence-corrected chi connectivity index (χ2v) is 5.92. The summed E-state index contributed by atoms with van der Waals surface area (Å²) in [5, 5.41) is 2.42. The molecule has 1 heterocycles. The number of carbonyl (C=O) groups excluding carboxylic acids is 2. The monoisotopic (exact) mass is 360 g/mol. The summed E-state index contributed by atoms with van der Waals surface area (Å²) in [5.41, 5.74) is 0.486. The van der Waals surface area contributed by atoms with Gasteiger partial charge in [0.15, 0.2) is 0 Å². The lowest BCUT2D eigenvalue weighted by Gasteiger charge is -2.20. The molecule has 1 atom stereocenters. The van der Waals surface area contributed by atoms with Gasteiger partial charge in [-0.2, -0.15) is 0 Å². The van der Waals surface area contributed by atoms with Crippen LogP contribution in [-0.4, -0.2) is 25.0 Å². The van der Waals surface area contributed by atoms with E-state index in [9.17, 15) is 18.4 Å². The fourth-order valence-corrected chi connectivity index (χ4v) is 2.90. The predicted molar refractivity (Wildman–Crippen MR) is 93.1 cm³/mol. The maximum Gasteiger partial charge on any atom is 0.229 e. The van der Waals surface area contributed by atoms with E-state index in [-0.39, 0.29) is 24.6 Å². The number of ether oxygens (including phenoxy) is 1. The van der Waals surface area contributed by atoms with Crippen LogP contribution < -0.4 is 15.0 Å². The van der Waals surface area contributed by atoms with E-state index in [0.29, 0.717) is 24.1 Å². The Morgan fingerprint density at radius 3 is 2.77 bits per heavy atom. The number of nitrogens with zero attached hydrogens (tertiary/aromatic N) is 1. The van der Waals surface area contributed by atoms with Crippen molar-refractivity contribution in [3.05, 3.63) is 54.1 Å². The molecule has 136 valence electrons. The predicted octanol–water partition coefficient (Wildman–Crippen LogP) is 3.36. The molecule has 0 saturated carbocycles. The number of nitrogens with one attached hydrogen (secondary N) is 1. The highest BCUT2D eigenvalue weighted by atomic mass is 19.1. The molecular weight excluding hydrogens is 342 g/mol. The van der Waals surface area contributed by atoms with Gasteiger partial charge in [0.05, 0.1) is 23.9 Å². The van der Waals surface area contributed by atoms with Crippen LogP contribution in [0.2, 0.25) is 0 Å². The number of carbonyl (C=O) groups is 2. The number of rotatable bonds is 5. The van der Waals surface area contributed by atoms with E-state index in [1.54, 1.807) is 24.3 Å². The summed E-state index contributed by atoms with van der Waals surface area (Å²) < 4.78 is 32.2. The first kappa shape index (κ1) is 17.8. The van der Waals surface area contributed by atoms with E-state index >= 15 is 0 Å². The minimum Gasteiger partial charge on any atom is -0.492 e. The molecule has 2 aromatic rings. The van der Waals surface area contributed by atoms with Gasteiger partial charge in [0.25, 0.3) is 0 Å². The third kappa shape index (κ3) is 3.66. The van der Waals surface area contributed by atoms with Crippen LogP contribution in [0.3, 0.4) is 0 Å². The molecule has 0 radical (unpaired) electrons. The zero-order valence-corrected chi connectivity index (χ0v) is 14.2. The van der Waals surface area contributed by atoms with Gasteiger partial charge in [-0.15, -0.1) is 0 Å². The molecule has 26 heavy (non-hydrogen) atoms. The second-order valence-electron chi connectivity index (χ2n) is 5.92. The molecule has 0 aromatic heterocycles. The summed E-state index contributed by atoms with van der Waals surface area (Å²) in [5.74, 6) is -2.36. The average molecular weight is 360 g/mol. The molecule has 2 amide bonds. The molecule has 3 rings (SSSR count). The Kier molecular flexibility index (Phi) is 5.16. The van der Waals surface area contributed by atoms with Crippen molar-refractivity contribution >= 4 is 23.2 Å². The molecule has 7 heteroatoms. The van der Waals surface area contributed by atoms with E-state index in [0.717, 1.165) is 12.1 Å². The normalized spacial score (nSPS) is 16.7. The number of hydrogen-bond donors (Lipinski definition) is 1. The van der Waals surface area contributed by atoms with E-state index < -0.39 is 23.5 Å². The van der Waals surface area contributed by atoms with Crippen molar-refractivity contribution in [1.82, 2.24) is 0 Å². The molecule has 2 aromatic carbocycles. The van der Waals surface area contributed by atoms with Crippen molar-refractivity contribution in [2.75, 3.05) is 23.4 Å². The van der Waals surface area contributed by atoms with Crippen LogP contribution in [0.25, 0.3) is 0 Å². The molecule has 1 aliphatic heterocycles. The van der Waals surface area contributed by atoms with Crippen LogP contribution in [0.5, 0.6) is 5.75 Å². The largest absolute Gasteiger partial charge is 0.492 e. The Labute approximate surface area is 149 Å². The van der Waals surface area contributed by atoms with Crippen LogP contribution in [0.1, 0.15) is 13.3 Å². The number of anilines is 2. The maximum absolute atomic E-state index is 13.7. The van der Waals surface area contributed by atoms with E-state index in [1.807, 2.05) is 6.92 Å². The SMILES string of the molecule is CCOc1ccccc1N1C[C@H](C(=O)Nc2ccc(F)cc2F)CC1=O. The zero-order chi connectivity index (χ0) is 18.7. The molecule has 1 fully saturated rings. The molecule has 0 unspecified atom stereocenters. The molecule has 1 N–H and O–H groups in total. The highest BCUT2D eigenvalue weighted by Gasteiger charge is 2.36. The van der Waals surface area contributed by atoms with Gasteiger partial charge >= 0.3 is 0 Å². The van der Waals surface area contributed by atoms with Crippen molar-refractivity contribution < 1.29 is 23.1 Å². The summed E-state index contributed by atoms with van der Waals surface area (Å²) in [6.07, 6.45) is 0.00903. The highest BCUT2D eigenvalue weighted by molar-refractivity contribution is 6.04. The van der Waals surface area contributed by atoms with Gasteiger partial charge in [-0.05, 0) is 31.2 Å². The molecule has 1 saturated heterocycles. The van der Waals surface area contributed by atoms with E-state index in [1.165, 1.54) is 4.90 Å². The van der Waals surface area contributed by atoms with Crippen molar-refractivity contribution in [2.45, 2.75) is 13.3 Å². The highest BCUT2D eigenvalue weighted by Crippen LogP contribution is 2.33. The average Bonchev–Trinajstić information content (AvgIpc) is 3.00. The standard InChI is InChI=1S/C19H18F2N2O3/c1-2-26-17-6-4-3-5-16(17)23-11-12(9-18(23)24)19(25)22-15-8-7-13(20)10-14(15)21/h3-8,10,12H,2,9,11H2,1H3,(H,22,25)/t12-/m1/s1. The Bertz CT molecular complexity index is 841. The van der Waals surface area contributed by atoms with Crippen molar-refractivity contribution in [2.24, 2.45) is 5.92 Å². The second kappa shape index (κ2) is 7.51. The molecule has 0 bridgehead atoms. The van der Waals surface area contributed by atoms with Gasteiger partial charge in [0.1, 0.15) is 17.4 Å². The fourth-order valence-electron chi connectivity index (χ4n) is 2.90. The number of amides is 2. The minimum atomic E-state index is -0.860. The lowest BCUT2D eigenvalue weighted by molar-refractivity contribution is -0.122. The first-order valence-corrected chi connectivity index (χ1v) is 8.27. The summed E-state index contributed by atoms with van der Waals surface area (Å²) >= 11 is 0. The summed E-state index contributed by atoms with van der Waals surface area (Å²) in [6, 6.07) is 10.0. The van der Waals surface area contributed by atoms with Gasteiger partial charge in [0, 0.05) is 19.0 Å². The molecule has 0 aliphatic carbocycles. The minimum absolute atomic E-state index is 0.00903. The summed E-state index contributed by atoms with van der Waals surface area (Å²) in [7, 11) is 0. The molecule has 0 spiro atoms. The van der Waals surface area contributed by atoms with Gasteiger partial charge in [-0.1, -0.05) is 12.1 Å². The van der Waals surface area contributed by atoms with Crippen LogP contribution in [0, 0.1) is 17.6 Å². The van der Waals surface area contributed by atoms with Crippen molar-refractivity contribution in [1.29, 1.82) is 0 Å². The van der Waals surface area contributed by atoms with Gasteiger partial charge in [-0.25, -0.2) is 8.78 Å². The Morgan fingerprint density at radius 2 is 2.04 bits per heavy atom. The zero-order valence-electron chi connectivity index (χ0n) is 14.2. The van der Waals surface area contributed by atoms with Crippen LogP contribution >= 0.6 is 0 Å². The summed E-state index contributed by atoms with van der Waals surface area (Å²) in [6.45, 7) is 2.46. The summed E-state index contributed by atoms with van der Waals surface area (Å²) in [4.78, 5) is 26.3. The smallest absolute Gasteiger partial charge is 0.229 e. The van der Waals surface area contributed by atoms with Crippen molar-refractivity contribution in [3.8, 4) is 5.75 Å². The van der Waals surface area contributed by atoms with Gasteiger partial charge in [-0.3, -0.25) is 9.59 Å².